The fourth-order valence-electron chi connectivity index (χ4n) is 2.20. The van der Waals surface area contributed by atoms with Gasteiger partial charge in [-0.3, -0.25) is 0 Å². The van der Waals surface area contributed by atoms with Gasteiger partial charge in [0, 0.05) is 33.3 Å². The predicted octanol–water partition coefficient (Wildman–Crippen LogP) is 4.44. The van der Waals surface area contributed by atoms with Gasteiger partial charge in [0.1, 0.15) is 6.61 Å². The molecule has 0 aromatic heterocycles. The van der Waals surface area contributed by atoms with Gasteiger partial charge < -0.3 is 19.9 Å². The highest BCUT2D eigenvalue weighted by atomic mass is 35.5. The Morgan fingerprint density at radius 1 is 1.12 bits per heavy atom. The van der Waals surface area contributed by atoms with Gasteiger partial charge in [0.15, 0.2) is 11.5 Å². The van der Waals surface area contributed by atoms with Crippen LogP contribution >= 0.6 is 23.2 Å². The molecule has 4 nitrogen and oxygen atoms in total. The molecule has 0 aliphatic rings. The number of rotatable bonds is 8. The van der Waals surface area contributed by atoms with Crippen LogP contribution in [0.3, 0.4) is 0 Å². The average molecular weight is 384 g/mol. The third-order valence-electron chi connectivity index (χ3n) is 3.82. The molecular formula is C19H23Cl2NO3. The highest BCUT2D eigenvalue weighted by Gasteiger charge is 2.18. The first kappa shape index (κ1) is 19.9. The molecule has 0 aliphatic heterocycles. The molecule has 136 valence electrons. The molecule has 0 bridgehead atoms. The van der Waals surface area contributed by atoms with Crippen molar-refractivity contribution in [2.45, 2.75) is 32.5 Å². The summed E-state index contributed by atoms with van der Waals surface area (Å²) in [6, 6.07) is 11.0. The summed E-state index contributed by atoms with van der Waals surface area (Å²) < 4.78 is 11.4. The van der Waals surface area contributed by atoms with Gasteiger partial charge in [-0.15, -0.1) is 0 Å². The van der Waals surface area contributed by atoms with Crippen LogP contribution in [0.2, 0.25) is 10.0 Å². The Bertz CT molecular complexity index is 720. The van der Waals surface area contributed by atoms with Crippen LogP contribution in [0.15, 0.2) is 36.4 Å². The highest BCUT2D eigenvalue weighted by molar-refractivity contribution is 6.35. The molecule has 2 rings (SSSR count). The SMILES string of the molecule is COc1cccc(CNC(C)(C)CO)c1OCc1ccc(Cl)cc1Cl. The molecule has 6 heteroatoms. The molecule has 0 spiro atoms. The third kappa shape index (κ3) is 5.51. The number of para-hydroxylation sites is 1. The van der Waals surface area contributed by atoms with Crippen LogP contribution in [0, 0.1) is 0 Å². The molecule has 2 aromatic carbocycles. The minimum absolute atomic E-state index is 0.0353. The predicted molar refractivity (Wildman–Crippen MR) is 102 cm³/mol. The largest absolute Gasteiger partial charge is 0.493 e. The maximum absolute atomic E-state index is 9.40. The van der Waals surface area contributed by atoms with E-state index >= 15 is 0 Å². The molecular weight excluding hydrogens is 361 g/mol. The molecule has 0 heterocycles. The number of aliphatic hydroxyl groups excluding tert-OH is 1. The standard InChI is InChI=1S/C19H23Cl2NO3/c1-19(2,12-23)22-10-13-5-4-6-17(24-3)18(13)25-11-14-7-8-15(20)9-16(14)21/h4-9,22-23H,10-12H2,1-3H3. The Morgan fingerprint density at radius 3 is 2.52 bits per heavy atom. The highest BCUT2D eigenvalue weighted by Crippen LogP contribution is 2.33. The number of hydrogen-bond acceptors (Lipinski definition) is 4. The van der Waals surface area contributed by atoms with E-state index in [-0.39, 0.29) is 12.1 Å². The number of aliphatic hydroxyl groups is 1. The Balaban J connectivity index is 2.20. The van der Waals surface area contributed by atoms with Gasteiger partial charge >= 0.3 is 0 Å². The number of methoxy groups -OCH3 is 1. The van der Waals surface area contributed by atoms with Crippen molar-refractivity contribution in [1.29, 1.82) is 0 Å². The van der Waals surface area contributed by atoms with Gasteiger partial charge in [-0.25, -0.2) is 0 Å². The second-order valence-corrected chi connectivity index (χ2v) is 7.21. The van der Waals surface area contributed by atoms with E-state index < -0.39 is 0 Å². The number of hydrogen-bond donors (Lipinski definition) is 2. The fourth-order valence-corrected chi connectivity index (χ4v) is 2.67. The molecule has 0 atom stereocenters. The van der Waals surface area contributed by atoms with E-state index in [9.17, 15) is 5.11 Å². The van der Waals surface area contributed by atoms with Crippen LogP contribution < -0.4 is 14.8 Å². The smallest absolute Gasteiger partial charge is 0.166 e. The monoisotopic (exact) mass is 383 g/mol. The Labute approximate surface area is 158 Å². The summed E-state index contributed by atoms with van der Waals surface area (Å²) in [4.78, 5) is 0. The summed E-state index contributed by atoms with van der Waals surface area (Å²) in [7, 11) is 1.60. The minimum Gasteiger partial charge on any atom is -0.493 e. The summed E-state index contributed by atoms with van der Waals surface area (Å²) in [6.07, 6.45) is 0. The van der Waals surface area contributed by atoms with E-state index in [1.165, 1.54) is 0 Å². The van der Waals surface area contributed by atoms with Gasteiger partial charge in [-0.2, -0.15) is 0 Å². The number of nitrogens with one attached hydrogen (secondary N) is 1. The second-order valence-electron chi connectivity index (χ2n) is 6.37. The summed E-state index contributed by atoms with van der Waals surface area (Å²) in [5.41, 5.74) is 1.39. The van der Waals surface area contributed by atoms with Gasteiger partial charge in [0.05, 0.1) is 13.7 Å². The summed E-state index contributed by atoms with van der Waals surface area (Å²) in [5, 5.41) is 13.9. The van der Waals surface area contributed by atoms with Crippen molar-refractivity contribution in [2.75, 3.05) is 13.7 Å². The maximum Gasteiger partial charge on any atom is 0.166 e. The Morgan fingerprint density at radius 2 is 1.88 bits per heavy atom. The molecule has 0 unspecified atom stereocenters. The number of ether oxygens (including phenoxy) is 2. The number of halogens is 2. The molecule has 2 N–H and O–H groups in total. The topological polar surface area (TPSA) is 50.7 Å². The van der Waals surface area contributed by atoms with Crippen molar-refractivity contribution < 1.29 is 14.6 Å². The first-order valence-corrected chi connectivity index (χ1v) is 8.70. The summed E-state index contributed by atoms with van der Waals surface area (Å²) >= 11 is 12.1. The third-order valence-corrected chi connectivity index (χ3v) is 4.41. The van der Waals surface area contributed by atoms with Crippen molar-refractivity contribution in [3.63, 3.8) is 0 Å². The van der Waals surface area contributed by atoms with E-state index in [1.54, 1.807) is 19.2 Å². The number of benzene rings is 2. The van der Waals surface area contributed by atoms with Crippen LogP contribution in [0.4, 0.5) is 0 Å². The molecule has 25 heavy (non-hydrogen) atoms. The van der Waals surface area contributed by atoms with Crippen LogP contribution in [0.1, 0.15) is 25.0 Å². The van der Waals surface area contributed by atoms with E-state index in [0.29, 0.717) is 34.7 Å². The summed E-state index contributed by atoms with van der Waals surface area (Å²) in [5.74, 6) is 1.29. The van der Waals surface area contributed by atoms with E-state index in [0.717, 1.165) is 11.1 Å². The molecule has 0 amide bonds. The van der Waals surface area contributed by atoms with E-state index in [1.807, 2.05) is 38.1 Å². The molecule has 0 aliphatic carbocycles. The van der Waals surface area contributed by atoms with E-state index in [2.05, 4.69) is 5.32 Å². The van der Waals surface area contributed by atoms with Crippen molar-refractivity contribution in [3.8, 4) is 11.5 Å². The van der Waals surface area contributed by atoms with Crippen molar-refractivity contribution in [2.24, 2.45) is 0 Å². The lowest BCUT2D eigenvalue weighted by molar-refractivity contribution is 0.186. The zero-order valence-electron chi connectivity index (χ0n) is 14.6. The van der Waals surface area contributed by atoms with Gasteiger partial charge in [-0.05, 0) is 32.0 Å². The average Bonchev–Trinajstić information content (AvgIpc) is 2.59. The fraction of sp³-hybridized carbons (Fsp3) is 0.368. The van der Waals surface area contributed by atoms with Crippen molar-refractivity contribution in [3.05, 3.63) is 57.6 Å². The Kier molecular flexibility index (Phi) is 6.96. The van der Waals surface area contributed by atoms with E-state index in [4.69, 9.17) is 32.7 Å². The normalized spacial score (nSPS) is 11.4. The first-order chi connectivity index (χ1) is 11.9. The Hall–Kier alpha value is -1.46. The van der Waals surface area contributed by atoms with Crippen LogP contribution in [0.25, 0.3) is 0 Å². The minimum atomic E-state index is -0.389. The zero-order chi connectivity index (χ0) is 18.4. The van der Waals surface area contributed by atoms with Gasteiger partial charge in [-0.1, -0.05) is 41.4 Å². The van der Waals surface area contributed by atoms with Crippen LogP contribution in [-0.4, -0.2) is 24.4 Å². The zero-order valence-corrected chi connectivity index (χ0v) is 16.1. The van der Waals surface area contributed by atoms with Crippen LogP contribution in [0.5, 0.6) is 11.5 Å². The molecule has 0 fully saturated rings. The summed E-state index contributed by atoms with van der Waals surface area (Å²) in [6.45, 7) is 4.73. The van der Waals surface area contributed by atoms with Crippen molar-refractivity contribution >= 4 is 23.2 Å². The molecule has 0 saturated carbocycles. The maximum atomic E-state index is 9.40. The first-order valence-electron chi connectivity index (χ1n) is 7.95. The molecule has 0 saturated heterocycles. The molecule has 2 aromatic rings. The second kappa shape index (κ2) is 8.77. The quantitative estimate of drug-likeness (QED) is 0.707. The lowest BCUT2D eigenvalue weighted by Gasteiger charge is -2.24. The van der Waals surface area contributed by atoms with Crippen LogP contribution in [-0.2, 0) is 13.2 Å². The van der Waals surface area contributed by atoms with Gasteiger partial charge in [0.2, 0.25) is 0 Å². The van der Waals surface area contributed by atoms with Gasteiger partial charge in [0.25, 0.3) is 0 Å². The lowest BCUT2D eigenvalue weighted by atomic mass is 10.1. The lowest BCUT2D eigenvalue weighted by Crippen LogP contribution is -2.42. The molecule has 0 radical (unpaired) electrons. The van der Waals surface area contributed by atoms with Crippen molar-refractivity contribution in [1.82, 2.24) is 5.32 Å².